The molecule has 0 aromatic rings. The van der Waals surface area contributed by atoms with Crippen molar-refractivity contribution in [3.8, 4) is 0 Å². The van der Waals surface area contributed by atoms with Gasteiger partial charge >= 0.3 is 14.3 Å². The summed E-state index contributed by atoms with van der Waals surface area (Å²) in [7, 11) is -1.04. The van der Waals surface area contributed by atoms with Crippen LogP contribution in [0.15, 0.2) is 11.9 Å². The second-order valence-corrected chi connectivity index (χ2v) is 10.4. The molecule has 10 heteroatoms. The van der Waals surface area contributed by atoms with Crippen LogP contribution in [-0.4, -0.2) is 42.3 Å². The number of rotatable bonds is 8. The van der Waals surface area contributed by atoms with E-state index >= 15 is 0 Å². The van der Waals surface area contributed by atoms with Gasteiger partial charge in [0.25, 0.3) is 0 Å². The number of hydrogen-bond acceptors (Lipinski definition) is 6. The van der Waals surface area contributed by atoms with Gasteiger partial charge in [-0.15, -0.1) is 0 Å². The molecule has 0 bridgehead atoms. The highest BCUT2D eigenvalue weighted by Crippen LogP contribution is 2.52. The highest BCUT2D eigenvalue weighted by molar-refractivity contribution is 8.07. The van der Waals surface area contributed by atoms with E-state index in [0.717, 1.165) is 5.82 Å². The molecule has 0 aromatic carbocycles. The molecule has 0 radical (unpaired) electrons. The maximum absolute atomic E-state index is 11.6. The van der Waals surface area contributed by atoms with Crippen LogP contribution in [0, 0.1) is 11.8 Å². The predicted octanol–water partition coefficient (Wildman–Crippen LogP) is 3.03. The number of methoxy groups -OCH3 is 1. The van der Waals surface area contributed by atoms with Gasteiger partial charge in [0.1, 0.15) is 0 Å². The van der Waals surface area contributed by atoms with Gasteiger partial charge in [0, 0.05) is 26.0 Å². The lowest BCUT2D eigenvalue weighted by molar-refractivity contribution is -0.0150. The molecule has 0 aromatic heterocycles. The first-order chi connectivity index (χ1) is 10.5. The molecule has 6 atom stereocenters. The van der Waals surface area contributed by atoms with Gasteiger partial charge in [-0.05, 0) is 38.0 Å². The zero-order valence-corrected chi connectivity index (χ0v) is 16.6. The molecule has 0 heterocycles. The average molecular weight is 388 g/mol. The van der Waals surface area contributed by atoms with Gasteiger partial charge in [0.15, 0.2) is 0 Å². The Kier molecular flexibility index (Phi) is 8.06. The molecule has 3 unspecified atom stereocenters. The van der Waals surface area contributed by atoms with E-state index in [1.807, 2.05) is 6.92 Å². The van der Waals surface area contributed by atoms with E-state index in [1.54, 1.807) is 27.0 Å². The molecule has 1 rings (SSSR count). The zero-order valence-electron chi connectivity index (χ0n) is 14.0. The van der Waals surface area contributed by atoms with Crippen LogP contribution in [0.4, 0.5) is 0 Å². The zero-order chi connectivity index (χ0) is 17.8. The summed E-state index contributed by atoms with van der Waals surface area (Å²) in [6.45, 7) is 2.06. The summed E-state index contributed by atoms with van der Waals surface area (Å²) in [6, 6.07) is 0. The summed E-state index contributed by atoms with van der Waals surface area (Å²) in [5.74, 6) is 1.02. The van der Waals surface area contributed by atoms with Crippen LogP contribution in [0.5, 0.6) is 0 Å². The minimum atomic E-state index is -3.76. The first kappa shape index (κ1) is 21.4. The fourth-order valence-electron chi connectivity index (χ4n) is 2.68. The van der Waals surface area contributed by atoms with Gasteiger partial charge in [-0.25, -0.2) is 0 Å². The third kappa shape index (κ3) is 6.65. The van der Waals surface area contributed by atoms with Crippen LogP contribution < -0.4 is 0 Å². The quantitative estimate of drug-likeness (QED) is 0.613. The molecular formula is C13H26O7P2S. The van der Waals surface area contributed by atoms with Crippen molar-refractivity contribution in [1.29, 1.82) is 0 Å². The molecule has 1 fully saturated rings. The maximum atomic E-state index is 11.6. The number of hydrogen-bond donors (Lipinski definition) is 2. The lowest BCUT2D eigenvalue weighted by Crippen LogP contribution is -2.31. The van der Waals surface area contributed by atoms with Crippen molar-refractivity contribution in [2.24, 2.45) is 11.8 Å². The van der Waals surface area contributed by atoms with Crippen molar-refractivity contribution < 1.29 is 32.7 Å². The second-order valence-electron chi connectivity index (χ2n) is 5.86. The van der Waals surface area contributed by atoms with Gasteiger partial charge in [0.2, 0.25) is 0 Å². The van der Waals surface area contributed by atoms with Crippen LogP contribution in [-0.2, 0) is 34.7 Å². The molecule has 136 valence electrons. The fourth-order valence-corrected chi connectivity index (χ4v) is 5.22. The fraction of sp³-hybridized carbons (Fsp3) is 0.846. The molecule has 0 amide bonds. The van der Waals surface area contributed by atoms with Gasteiger partial charge in [-0.1, -0.05) is 13.0 Å². The summed E-state index contributed by atoms with van der Waals surface area (Å²) in [5.41, 5.74) is 0. The van der Waals surface area contributed by atoms with Crippen molar-refractivity contribution in [2.45, 2.75) is 45.5 Å². The third-order valence-electron chi connectivity index (χ3n) is 3.60. The monoisotopic (exact) mass is 388 g/mol. The van der Waals surface area contributed by atoms with Crippen molar-refractivity contribution in [3.63, 3.8) is 0 Å². The molecule has 1 aliphatic rings. The van der Waals surface area contributed by atoms with Gasteiger partial charge in [-0.2, -0.15) is 0 Å². The topological polar surface area (TPSA) is 94.5 Å². The summed E-state index contributed by atoms with van der Waals surface area (Å²) < 4.78 is 32.5. The molecule has 1 aliphatic carbocycles. The molecule has 0 spiro atoms. The Hall–Kier alpha value is 0.380. The smallest absolute Gasteiger partial charge is 0.351 e. The summed E-state index contributed by atoms with van der Waals surface area (Å²) >= 11 is 5.04. The molecule has 7 nitrogen and oxygen atoms in total. The summed E-state index contributed by atoms with van der Waals surface area (Å²) in [6.07, 6.45) is 1.11. The van der Waals surface area contributed by atoms with E-state index in [2.05, 4.69) is 4.52 Å². The Morgan fingerprint density at radius 2 is 1.87 bits per heavy atom. The second kappa shape index (κ2) is 8.65. The Bertz CT molecular complexity index is 511. The van der Waals surface area contributed by atoms with Gasteiger partial charge in [-0.3, -0.25) is 4.57 Å². The molecule has 0 aliphatic heterocycles. The molecule has 1 saturated carbocycles. The summed E-state index contributed by atoms with van der Waals surface area (Å²) in [4.78, 5) is 19.7. The van der Waals surface area contributed by atoms with Crippen LogP contribution in [0.2, 0.25) is 0 Å². The average Bonchev–Trinajstić information content (AvgIpc) is 2.70. The van der Waals surface area contributed by atoms with Crippen LogP contribution in [0.25, 0.3) is 0 Å². The first-order valence-electron chi connectivity index (χ1n) is 7.31. The summed E-state index contributed by atoms with van der Waals surface area (Å²) in [5, 5.41) is 0. The standard InChI is InChI=1S/C13H26O7P2S/c1-9(2)19-22(16,23)20-13-11(6-7-21(14,15)18-5)8-10(3)12(13)17-4/h6-7,9-13H,8H2,1-5H3,(H,14,15)(H,16,23)/b7-6+/t10?,11-,12-,13+,22?/m0/s1. The Morgan fingerprint density at radius 1 is 1.26 bits per heavy atom. The first-order valence-corrected chi connectivity index (χ1v) is 11.5. The van der Waals surface area contributed by atoms with E-state index in [1.165, 1.54) is 7.11 Å². The van der Waals surface area contributed by atoms with E-state index in [4.69, 9.17) is 25.6 Å². The van der Waals surface area contributed by atoms with Crippen molar-refractivity contribution in [2.75, 3.05) is 14.2 Å². The highest BCUT2D eigenvalue weighted by Gasteiger charge is 2.44. The van der Waals surface area contributed by atoms with E-state index in [-0.39, 0.29) is 24.0 Å². The maximum Gasteiger partial charge on any atom is 0.351 e. The highest BCUT2D eigenvalue weighted by atomic mass is 32.5. The Morgan fingerprint density at radius 3 is 2.35 bits per heavy atom. The van der Waals surface area contributed by atoms with Crippen LogP contribution in [0.1, 0.15) is 27.2 Å². The van der Waals surface area contributed by atoms with Gasteiger partial charge in [0.05, 0.1) is 18.3 Å². The molecule has 2 N–H and O–H groups in total. The minimum absolute atomic E-state index is 0.134. The molecular weight excluding hydrogens is 362 g/mol. The molecule has 23 heavy (non-hydrogen) atoms. The van der Waals surface area contributed by atoms with E-state index in [0.29, 0.717) is 6.42 Å². The molecule has 0 saturated heterocycles. The largest absolute Gasteiger partial charge is 0.378 e. The van der Waals surface area contributed by atoms with E-state index in [9.17, 15) is 14.4 Å². The Balaban J connectivity index is 2.96. The normalized spacial score (nSPS) is 33.9. The minimum Gasteiger partial charge on any atom is -0.378 e. The van der Waals surface area contributed by atoms with Crippen molar-refractivity contribution in [3.05, 3.63) is 11.9 Å². The predicted molar refractivity (Wildman–Crippen MR) is 91.6 cm³/mol. The number of ether oxygens (including phenoxy) is 1. The van der Waals surface area contributed by atoms with Crippen molar-refractivity contribution >= 4 is 26.1 Å². The lowest BCUT2D eigenvalue weighted by Gasteiger charge is -2.28. The van der Waals surface area contributed by atoms with E-state index < -0.39 is 20.4 Å². The van der Waals surface area contributed by atoms with Crippen molar-refractivity contribution in [1.82, 2.24) is 0 Å². The SMILES string of the molecule is CO[C@H]1C(C)C[C@H](/C=C/P(=O)(O)OC)[C@H]1OP(O)(=S)OC(C)C. The lowest BCUT2D eigenvalue weighted by atomic mass is 10.1. The third-order valence-corrected chi connectivity index (χ3v) is 6.39. The van der Waals surface area contributed by atoms with Crippen LogP contribution >= 0.6 is 14.3 Å². The van der Waals surface area contributed by atoms with Gasteiger partial charge < -0.3 is 28.1 Å². The Labute approximate surface area is 142 Å². The van der Waals surface area contributed by atoms with Crippen LogP contribution in [0.3, 0.4) is 0 Å².